The minimum absolute atomic E-state index is 0.0132. The molecule has 1 aromatic heterocycles. The van der Waals surface area contributed by atoms with Gasteiger partial charge >= 0.3 is 7.48 Å². The van der Waals surface area contributed by atoms with Crippen LogP contribution in [0.5, 0.6) is 0 Å². The van der Waals surface area contributed by atoms with E-state index in [9.17, 15) is 0 Å². The fourth-order valence-corrected chi connectivity index (χ4v) is 0.722. The Morgan fingerprint density at radius 2 is 2.33 bits per heavy atom. The zero-order valence-electron chi connectivity index (χ0n) is 6.49. The van der Waals surface area contributed by atoms with E-state index in [-0.39, 0.29) is 14.1 Å². The fourth-order valence-electron chi connectivity index (χ4n) is 0.722. The lowest BCUT2D eigenvalue weighted by molar-refractivity contribution is 0.350. The Kier molecular flexibility index (Phi) is 3.33. The fraction of sp³-hybridized carbons (Fsp3) is 0.125. The van der Waals surface area contributed by atoms with Gasteiger partial charge in [-0.2, -0.15) is 0 Å². The second-order valence-electron chi connectivity index (χ2n) is 2.17. The number of rotatable bonds is 1. The molecule has 0 spiro atoms. The third-order valence-electron chi connectivity index (χ3n) is 1.30. The molecule has 3 nitrogen and oxygen atoms in total. The van der Waals surface area contributed by atoms with Gasteiger partial charge in [0.25, 0.3) is 0 Å². The van der Waals surface area contributed by atoms with Crippen molar-refractivity contribution in [2.75, 3.05) is 6.61 Å². The molecule has 0 aliphatic rings. The maximum absolute atomic E-state index is 8.69. The highest BCUT2D eigenvalue weighted by molar-refractivity contribution is 6.45. The molecule has 0 unspecified atom stereocenters. The Hall–Kier alpha value is -1.31. The lowest BCUT2D eigenvalue weighted by Gasteiger charge is -1.92. The molecule has 1 aromatic rings. The topological polar surface area (TPSA) is 53.4 Å². The number of hydrogen-bond acceptors (Lipinski definition) is 3. The number of aromatic nitrogens is 1. The van der Waals surface area contributed by atoms with Crippen LogP contribution >= 0.6 is 0 Å². The van der Waals surface area contributed by atoms with Gasteiger partial charge in [-0.05, 0) is 17.4 Å². The summed E-state index contributed by atoms with van der Waals surface area (Å²) in [5.74, 6) is 5.14. The van der Waals surface area contributed by atoms with Crippen LogP contribution in [0.2, 0.25) is 0 Å². The van der Waals surface area contributed by atoms with Gasteiger partial charge in [0.1, 0.15) is 12.3 Å². The number of aliphatic hydroxyl groups is 1. The molecule has 0 radical (unpaired) electrons. The van der Waals surface area contributed by atoms with E-state index in [1.807, 2.05) is 0 Å². The SMILES string of the molecule is OBc1ccc(C#CCO)nc1. The van der Waals surface area contributed by atoms with Crippen LogP contribution in [0.1, 0.15) is 5.69 Å². The van der Waals surface area contributed by atoms with E-state index in [0.29, 0.717) is 5.69 Å². The van der Waals surface area contributed by atoms with Crippen molar-refractivity contribution in [2.24, 2.45) is 0 Å². The summed E-state index contributed by atoms with van der Waals surface area (Å²) in [5.41, 5.74) is 1.35. The Labute approximate surface area is 71.4 Å². The van der Waals surface area contributed by atoms with Crippen LogP contribution in [0.3, 0.4) is 0 Å². The summed E-state index contributed by atoms with van der Waals surface area (Å²) in [5, 5.41) is 17.1. The number of pyridine rings is 1. The first-order valence-corrected chi connectivity index (χ1v) is 3.52. The summed E-state index contributed by atoms with van der Waals surface area (Å²) in [6.45, 7) is -0.163. The Morgan fingerprint density at radius 3 is 2.83 bits per heavy atom. The molecule has 0 bridgehead atoms. The average molecular weight is 161 g/mol. The average Bonchev–Trinajstić information content (AvgIpc) is 2.15. The molecule has 0 saturated heterocycles. The van der Waals surface area contributed by atoms with E-state index < -0.39 is 0 Å². The van der Waals surface area contributed by atoms with Crippen LogP contribution in [0, 0.1) is 11.8 Å². The zero-order valence-corrected chi connectivity index (χ0v) is 6.49. The van der Waals surface area contributed by atoms with E-state index in [0.717, 1.165) is 5.46 Å². The first-order valence-electron chi connectivity index (χ1n) is 3.52. The minimum atomic E-state index is -0.163. The second-order valence-corrected chi connectivity index (χ2v) is 2.17. The van der Waals surface area contributed by atoms with Gasteiger partial charge < -0.3 is 10.1 Å². The third kappa shape index (κ3) is 2.38. The van der Waals surface area contributed by atoms with Crippen LogP contribution in [-0.4, -0.2) is 29.2 Å². The highest BCUT2D eigenvalue weighted by Crippen LogP contribution is 1.86. The standard InChI is InChI=1S/C8H8BNO2/c11-5-1-2-8-4-3-7(9-12)6-10-8/h3-4,6,9,11-12H,5H2. The third-order valence-corrected chi connectivity index (χ3v) is 1.30. The molecule has 12 heavy (non-hydrogen) atoms. The lowest BCUT2D eigenvalue weighted by Crippen LogP contribution is -2.13. The molecule has 0 aliphatic carbocycles. The molecule has 60 valence electrons. The molecule has 1 rings (SSSR count). The smallest absolute Gasteiger partial charge is 0.306 e. The van der Waals surface area contributed by atoms with Crippen molar-refractivity contribution in [3.05, 3.63) is 24.0 Å². The summed E-state index contributed by atoms with van der Waals surface area (Å²) >= 11 is 0. The molecule has 4 heteroatoms. The molecule has 0 aromatic carbocycles. The Morgan fingerprint density at radius 1 is 1.50 bits per heavy atom. The van der Waals surface area contributed by atoms with E-state index >= 15 is 0 Å². The van der Waals surface area contributed by atoms with E-state index in [1.54, 1.807) is 18.3 Å². The Bertz CT molecular complexity index is 299. The van der Waals surface area contributed by atoms with E-state index in [2.05, 4.69) is 16.8 Å². The van der Waals surface area contributed by atoms with Gasteiger partial charge in [0.2, 0.25) is 0 Å². The lowest BCUT2D eigenvalue weighted by atomic mass is 9.91. The quantitative estimate of drug-likeness (QED) is 0.385. The van der Waals surface area contributed by atoms with Crippen molar-refractivity contribution in [1.29, 1.82) is 0 Å². The molecule has 1 heterocycles. The van der Waals surface area contributed by atoms with E-state index in [4.69, 9.17) is 10.1 Å². The van der Waals surface area contributed by atoms with Crippen LogP contribution in [-0.2, 0) is 0 Å². The van der Waals surface area contributed by atoms with Gasteiger partial charge in [-0.15, -0.1) is 0 Å². The normalized spacial score (nSPS) is 8.50. The van der Waals surface area contributed by atoms with Gasteiger partial charge in [-0.1, -0.05) is 12.0 Å². The summed E-state index contributed by atoms with van der Waals surface area (Å²) in [6.07, 6.45) is 1.56. The first-order chi connectivity index (χ1) is 5.86. The van der Waals surface area contributed by atoms with Gasteiger partial charge in [0, 0.05) is 6.20 Å². The molecule has 0 aliphatic heterocycles. The molecule has 0 fully saturated rings. The highest BCUT2D eigenvalue weighted by atomic mass is 16.2. The van der Waals surface area contributed by atoms with Crippen LogP contribution in [0.25, 0.3) is 0 Å². The molecule has 0 saturated carbocycles. The van der Waals surface area contributed by atoms with Crippen molar-refractivity contribution in [3.8, 4) is 11.8 Å². The van der Waals surface area contributed by atoms with Crippen molar-refractivity contribution in [2.45, 2.75) is 0 Å². The number of aliphatic hydroxyl groups excluding tert-OH is 1. The summed E-state index contributed by atoms with van der Waals surface area (Å²) in [4.78, 5) is 3.94. The highest BCUT2D eigenvalue weighted by Gasteiger charge is 1.92. The number of nitrogens with zero attached hydrogens (tertiary/aromatic N) is 1. The summed E-state index contributed by atoms with van der Waals surface area (Å²) < 4.78 is 0. The summed E-state index contributed by atoms with van der Waals surface area (Å²) in [7, 11) is -0.0132. The zero-order chi connectivity index (χ0) is 8.81. The largest absolute Gasteiger partial charge is 0.449 e. The van der Waals surface area contributed by atoms with Crippen molar-refractivity contribution < 1.29 is 10.1 Å². The van der Waals surface area contributed by atoms with Gasteiger partial charge in [0.15, 0.2) is 0 Å². The molecule has 0 amide bonds. The van der Waals surface area contributed by atoms with Gasteiger partial charge in [-0.3, -0.25) is 0 Å². The Balaban J connectivity index is 2.78. The maximum atomic E-state index is 8.69. The predicted molar refractivity (Wildman–Crippen MR) is 47.2 cm³/mol. The maximum Gasteiger partial charge on any atom is 0.306 e. The first kappa shape index (κ1) is 8.79. The van der Waals surface area contributed by atoms with Crippen LogP contribution in [0.15, 0.2) is 18.3 Å². The monoisotopic (exact) mass is 161 g/mol. The van der Waals surface area contributed by atoms with Crippen molar-refractivity contribution in [3.63, 3.8) is 0 Å². The van der Waals surface area contributed by atoms with Crippen molar-refractivity contribution >= 4 is 12.9 Å². The van der Waals surface area contributed by atoms with Gasteiger partial charge in [0.05, 0.1) is 0 Å². The molecular formula is C8H8BNO2. The van der Waals surface area contributed by atoms with Crippen LogP contribution in [0.4, 0.5) is 0 Å². The predicted octanol–water partition coefficient (Wildman–Crippen LogP) is -1.61. The molecule has 0 atom stereocenters. The van der Waals surface area contributed by atoms with E-state index in [1.165, 1.54) is 0 Å². The number of hydrogen-bond donors (Lipinski definition) is 2. The molecular weight excluding hydrogens is 153 g/mol. The minimum Gasteiger partial charge on any atom is -0.449 e. The van der Waals surface area contributed by atoms with Gasteiger partial charge in [-0.25, -0.2) is 4.98 Å². The second kappa shape index (κ2) is 4.55. The van der Waals surface area contributed by atoms with Crippen LogP contribution < -0.4 is 5.46 Å². The molecule has 2 N–H and O–H groups in total. The summed E-state index contributed by atoms with van der Waals surface area (Å²) in [6, 6.07) is 3.45. The van der Waals surface area contributed by atoms with Crippen molar-refractivity contribution in [1.82, 2.24) is 4.98 Å².